The molecule has 2 aliphatic rings. The molecule has 170 valence electrons. The van der Waals surface area contributed by atoms with E-state index in [1.807, 2.05) is 24.3 Å². The molecule has 1 aliphatic heterocycles. The van der Waals surface area contributed by atoms with Crippen molar-refractivity contribution in [3.8, 4) is 0 Å². The fourth-order valence-corrected chi connectivity index (χ4v) is 5.44. The van der Waals surface area contributed by atoms with Crippen LogP contribution < -0.4 is 14.9 Å². The van der Waals surface area contributed by atoms with E-state index in [9.17, 15) is 13.2 Å². The molecule has 7 heteroatoms. The highest BCUT2D eigenvalue weighted by molar-refractivity contribution is 7.89. The zero-order valence-electron chi connectivity index (χ0n) is 18.3. The van der Waals surface area contributed by atoms with Crippen LogP contribution in [0.2, 0.25) is 0 Å². The summed E-state index contributed by atoms with van der Waals surface area (Å²) in [6, 6.07) is 23.2. The Morgan fingerprint density at radius 3 is 2.39 bits per heavy atom. The molecule has 0 saturated heterocycles. The van der Waals surface area contributed by atoms with Crippen LogP contribution in [-0.2, 0) is 27.7 Å². The van der Waals surface area contributed by atoms with Crippen LogP contribution in [0.3, 0.4) is 0 Å². The van der Waals surface area contributed by atoms with Crippen LogP contribution >= 0.6 is 0 Å². The van der Waals surface area contributed by atoms with Gasteiger partial charge in [0, 0.05) is 36.1 Å². The number of para-hydroxylation sites is 1. The summed E-state index contributed by atoms with van der Waals surface area (Å²) in [6.45, 7) is 0.960. The fourth-order valence-electron chi connectivity index (χ4n) is 4.14. The van der Waals surface area contributed by atoms with Gasteiger partial charge in [0.25, 0.3) is 0 Å². The van der Waals surface area contributed by atoms with Gasteiger partial charge in [-0.25, -0.2) is 13.1 Å². The first-order valence-electron chi connectivity index (χ1n) is 11.3. The molecular formula is C26H27N3O3S. The molecule has 3 aromatic rings. The first kappa shape index (κ1) is 21.7. The van der Waals surface area contributed by atoms with Crippen molar-refractivity contribution in [3.63, 3.8) is 0 Å². The third-order valence-electron chi connectivity index (χ3n) is 6.12. The number of aryl methyl sites for hydroxylation is 1. The maximum atomic E-state index is 12.4. The van der Waals surface area contributed by atoms with Crippen LogP contribution in [0.1, 0.15) is 30.4 Å². The number of anilines is 3. The zero-order valence-corrected chi connectivity index (χ0v) is 19.1. The highest BCUT2D eigenvalue weighted by Gasteiger charge is 2.27. The highest BCUT2D eigenvalue weighted by Crippen LogP contribution is 2.34. The van der Waals surface area contributed by atoms with Crippen molar-refractivity contribution < 1.29 is 13.2 Å². The Morgan fingerprint density at radius 1 is 0.939 bits per heavy atom. The molecule has 6 nitrogen and oxygen atoms in total. The Labute approximate surface area is 194 Å². The Balaban J connectivity index is 1.14. The minimum absolute atomic E-state index is 0.0682. The predicted octanol–water partition coefficient (Wildman–Crippen LogP) is 4.39. The van der Waals surface area contributed by atoms with E-state index in [2.05, 4.69) is 39.2 Å². The van der Waals surface area contributed by atoms with E-state index in [0.717, 1.165) is 42.7 Å². The van der Waals surface area contributed by atoms with Crippen LogP contribution in [-0.4, -0.2) is 26.9 Å². The largest absolute Gasteiger partial charge is 0.341 e. The fraction of sp³-hybridized carbons (Fsp3) is 0.269. The number of hydrogen-bond donors (Lipinski definition) is 2. The Hall–Kier alpha value is -3.16. The van der Waals surface area contributed by atoms with Crippen molar-refractivity contribution in [3.05, 3.63) is 83.9 Å². The van der Waals surface area contributed by atoms with Gasteiger partial charge in [0.1, 0.15) is 0 Å². The van der Waals surface area contributed by atoms with Gasteiger partial charge < -0.3 is 10.2 Å². The minimum Gasteiger partial charge on any atom is -0.341 e. The number of amides is 1. The second-order valence-corrected chi connectivity index (χ2v) is 10.4. The number of benzene rings is 3. The number of sulfonamides is 1. The molecule has 33 heavy (non-hydrogen) atoms. The molecule has 1 heterocycles. The molecule has 3 aromatic carbocycles. The number of nitrogens with one attached hydrogen (secondary N) is 2. The zero-order chi connectivity index (χ0) is 22.8. The monoisotopic (exact) mass is 461 g/mol. The third-order valence-corrected chi connectivity index (χ3v) is 7.66. The lowest BCUT2D eigenvalue weighted by Gasteiger charge is -2.20. The average molecular weight is 462 g/mol. The highest BCUT2D eigenvalue weighted by atomic mass is 32.2. The molecule has 1 saturated carbocycles. The SMILES string of the molecule is O=C(CCc1ccc(S(=O)(=O)NC2CC2)cc1)Nc1ccc(N2CCc3ccccc32)cc1. The lowest BCUT2D eigenvalue weighted by atomic mass is 10.1. The summed E-state index contributed by atoms with van der Waals surface area (Å²) in [5.74, 6) is -0.0682. The molecule has 1 aliphatic carbocycles. The topological polar surface area (TPSA) is 78.5 Å². The van der Waals surface area contributed by atoms with Crippen molar-refractivity contribution in [2.45, 2.75) is 43.0 Å². The summed E-state index contributed by atoms with van der Waals surface area (Å²) in [5, 5.41) is 2.95. The van der Waals surface area contributed by atoms with Crippen LogP contribution in [0.15, 0.2) is 77.7 Å². The lowest BCUT2D eigenvalue weighted by Crippen LogP contribution is -2.25. The van der Waals surface area contributed by atoms with Crippen LogP contribution in [0.5, 0.6) is 0 Å². The molecule has 0 bridgehead atoms. The standard InChI is InChI=1S/C26H27N3O3S/c30-26(16-7-19-5-14-24(15-6-19)33(31,32)28-22-8-9-22)27-21-10-12-23(13-11-21)29-18-17-20-3-1-2-4-25(20)29/h1-6,10-15,22,28H,7-9,16-18H2,(H,27,30). The predicted molar refractivity (Wildman–Crippen MR) is 130 cm³/mol. The van der Waals surface area contributed by atoms with Gasteiger partial charge in [0.15, 0.2) is 0 Å². The summed E-state index contributed by atoms with van der Waals surface area (Å²) >= 11 is 0. The lowest BCUT2D eigenvalue weighted by molar-refractivity contribution is -0.116. The Morgan fingerprint density at radius 2 is 1.67 bits per heavy atom. The van der Waals surface area contributed by atoms with Gasteiger partial charge in [0.2, 0.25) is 15.9 Å². The van der Waals surface area contributed by atoms with Gasteiger partial charge in [-0.1, -0.05) is 30.3 Å². The number of fused-ring (bicyclic) bond motifs is 1. The maximum absolute atomic E-state index is 12.4. The summed E-state index contributed by atoms with van der Waals surface area (Å²) in [7, 11) is -3.44. The molecule has 0 atom stereocenters. The summed E-state index contributed by atoms with van der Waals surface area (Å²) in [6.07, 6.45) is 3.72. The third kappa shape index (κ3) is 5.10. The molecule has 0 radical (unpaired) electrons. The average Bonchev–Trinajstić information content (AvgIpc) is 3.52. The van der Waals surface area contributed by atoms with E-state index in [0.29, 0.717) is 12.8 Å². The van der Waals surface area contributed by atoms with Gasteiger partial charge in [-0.15, -0.1) is 0 Å². The van der Waals surface area contributed by atoms with Crippen molar-refractivity contribution in [1.82, 2.24) is 4.72 Å². The molecule has 0 unspecified atom stereocenters. The van der Waals surface area contributed by atoms with Gasteiger partial charge in [-0.3, -0.25) is 4.79 Å². The van der Waals surface area contributed by atoms with Gasteiger partial charge in [-0.05, 0) is 79.3 Å². The molecule has 0 aromatic heterocycles. The summed E-state index contributed by atoms with van der Waals surface area (Å²) in [4.78, 5) is 15.0. The smallest absolute Gasteiger partial charge is 0.240 e. The molecule has 1 fully saturated rings. The van der Waals surface area contributed by atoms with Gasteiger partial charge >= 0.3 is 0 Å². The van der Waals surface area contributed by atoms with Gasteiger partial charge in [-0.2, -0.15) is 0 Å². The number of carbonyl (C=O) groups excluding carboxylic acids is 1. The first-order chi connectivity index (χ1) is 16.0. The maximum Gasteiger partial charge on any atom is 0.240 e. The van der Waals surface area contributed by atoms with E-state index in [-0.39, 0.29) is 16.8 Å². The van der Waals surface area contributed by atoms with Gasteiger partial charge in [0.05, 0.1) is 4.90 Å². The number of carbonyl (C=O) groups is 1. The summed E-state index contributed by atoms with van der Waals surface area (Å²) < 4.78 is 27.2. The normalized spacial score (nSPS) is 15.3. The first-order valence-corrected chi connectivity index (χ1v) is 12.8. The number of rotatable bonds is 8. The molecule has 2 N–H and O–H groups in total. The van der Waals surface area contributed by atoms with Crippen molar-refractivity contribution in [1.29, 1.82) is 0 Å². The van der Waals surface area contributed by atoms with Crippen LogP contribution in [0.4, 0.5) is 17.1 Å². The van der Waals surface area contributed by atoms with E-state index in [1.54, 1.807) is 24.3 Å². The quantitative estimate of drug-likeness (QED) is 0.521. The van der Waals surface area contributed by atoms with Crippen molar-refractivity contribution >= 4 is 33.0 Å². The van der Waals surface area contributed by atoms with Crippen LogP contribution in [0.25, 0.3) is 0 Å². The van der Waals surface area contributed by atoms with E-state index >= 15 is 0 Å². The Bertz CT molecular complexity index is 1250. The molecule has 5 rings (SSSR count). The van der Waals surface area contributed by atoms with Crippen molar-refractivity contribution in [2.75, 3.05) is 16.8 Å². The number of nitrogens with zero attached hydrogens (tertiary/aromatic N) is 1. The Kier molecular flexibility index (Phi) is 5.91. The van der Waals surface area contributed by atoms with E-state index in [1.165, 1.54) is 11.3 Å². The molecule has 0 spiro atoms. The number of hydrogen-bond acceptors (Lipinski definition) is 4. The molecule has 1 amide bonds. The second-order valence-electron chi connectivity index (χ2n) is 8.66. The van der Waals surface area contributed by atoms with Crippen molar-refractivity contribution in [2.24, 2.45) is 0 Å². The van der Waals surface area contributed by atoms with E-state index in [4.69, 9.17) is 0 Å². The molecular weight excluding hydrogens is 434 g/mol. The second kappa shape index (κ2) is 9.00. The van der Waals surface area contributed by atoms with E-state index < -0.39 is 10.0 Å². The summed E-state index contributed by atoms with van der Waals surface area (Å²) in [5.41, 5.74) is 5.42. The minimum atomic E-state index is -3.44. The van der Waals surface area contributed by atoms with Crippen LogP contribution in [0, 0.1) is 0 Å².